The highest BCUT2D eigenvalue weighted by Crippen LogP contribution is 2.27. The van der Waals surface area contributed by atoms with E-state index in [9.17, 15) is 4.39 Å². The molecule has 0 radical (unpaired) electrons. The molecule has 0 bridgehead atoms. The summed E-state index contributed by atoms with van der Waals surface area (Å²) < 4.78 is 18.5. The molecule has 1 aliphatic rings. The van der Waals surface area contributed by atoms with E-state index in [1.54, 1.807) is 6.07 Å². The first-order valence-corrected chi connectivity index (χ1v) is 5.04. The van der Waals surface area contributed by atoms with Crippen molar-refractivity contribution in [3.8, 4) is 0 Å². The monoisotopic (exact) mass is 210 g/mol. The van der Waals surface area contributed by atoms with E-state index in [2.05, 4.69) is 0 Å². The van der Waals surface area contributed by atoms with Crippen LogP contribution in [0.5, 0.6) is 0 Å². The van der Waals surface area contributed by atoms with E-state index in [1.165, 1.54) is 6.07 Å². The average Bonchev–Trinajstić information content (AvgIpc) is 2.74. The minimum Gasteiger partial charge on any atom is -0.395 e. The van der Waals surface area contributed by atoms with Gasteiger partial charge in [-0.3, -0.25) is 0 Å². The zero-order chi connectivity index (χ0) is 10.8. The molecule has 1 fully saturated rings. The Morgan fingerprint density at radius 3 is 3.00 bits per heavy atom. The molecule has 1 atom stereocenters. The van der Waals surface area contributed by atoms with Crippen molar-refractivity contribution in [2.75, 3.05) is 30.9 Å². The molecule has 0 spiro atoms. The standard InChI is InChI=1S/C11H15FN2O/c1-14(8-5-6-15-7-8)10-4-2-3-9(12)11(10)13/h2-4,8H,5-7,13H2,1H3. The zero-order valence-corrected chi connectivity index (χ0v) is 8.74. The number of para-hydroxylation sites is 1. The van der Waals surface area contributed by atoms with E-state index in [0.717, 1.165) is 18.7 Å². The van der Waals surface area contributed by atoms with Crippen molar-refractivity contribution < 1.29 is 9.13 Å². The molecule has 0 aromatic heterocycles. The lowest BCUT2D eigenvalue weighted by molar-refractivity contribution is 0.193. The van der Waals surface area contributed by atoms with Crippen molar-refractivity contribution in [3.05, 3.63) is 24.0 Å². The van der Waals surface area contributed by atoms with Crippen molar-refractivity contribution in [2.45, 2.75) is 12.5 Å². The number of nitrogens with two attached hydrogens (primary N) is 1. The predicted molar refractivity (Wildman–Crippen MR) is 58.4 cm³/mol. The minimum atomic E-state index is -0.363. The van der Waals surface area contributed by atoms with Crippen molar-refractivity contribution >= 4 is 11.4 Å². The summed E-state index contributed by atoms with van der Waals surface area (Å²) in [6, 6.07) is 5.18. The minimum absolute atomic E-state index is 0.215. The Morgan fingerprint density at radius 1 is 1.53 bits per heavy atom. The molecular formula is C11H15FN2O. The largest absolute Gasteiger partial charge is 0.395 e. The van der Waals surface area contributed by atoms with Gasteiger partial charge in [-0.25, -0.2) is 4.39 Å². The predicted octanol–water partition coefficient (Wildman–Crippen LogP) is 1.63. The molecule has 82 valence electrons. The number of hydrogen-bond acceptors (Lipinski definition) is 3. The number of hydrogen-bond donors (Lipinski definition) is 1. The lowest BCUT2D eigenvalue weighted by Crippen LogP contribution is -2.32. The number of nitrogens with zero attached hydrogens (tertiary/aromatic N) is 1. The third kappa shape index (κ3) is 1.90. The zero-order valence-electron chi connectivity index (χ0n) is 8.74. The quantitative estimate of drug-likeness (QED) is 0.754. The molecule has 1 saturated heterocycles. The van der Waals surface area contributed by atoms with E-state index >= 15 is 0 Å². The molecule has 1 aromatic rings. The molecule has 1 aromatic carbocycles. The number of anilines is 2. The van der Waals surface area contributed by atoms with Gasteiger partial charge in [0.2, 0.25) is 0 Å². The van der Waals surface area contributed by atoms with Gasteiger partial charge in [0.25, 0.3) is 0 Å². The van der Waals surface area contributed by atoms with Crippen LogP contribution in [-0.4, -0.2) is 26.3 Å². The van der Waals surface area contributed by atoms with Crippen LogP contribution in [0.3, 0.4) is 0 Å². The number of rotatable bonds is 2. The molecule has 2 rings (SSSR count). The maximum Gasteiger partial charge on any atom is 0.148 e. The van der Waals surface area contributed by atoms with E-state index in [0.29, 0.717) is 12.6 Å². The summed E-state index contributed by atoms with van der Waals surface area (Å²) in [5, 5.41) is 0. The fraction of sp³-hybridized carbons (Fsp3) is 0.455. The summed E-state index contributed by atoms with van der Waals surface area (Å²) in [6.45, 7) is 1.46. The van der Waals surface area contributed by atoms with Crippen LogP contribution in [0.4, 0.5) is 15.8 Å². The maximum atomic E-state index is 13.2. The lowest BCUT2D eigenvalue weighted by atomic mass is 10.2. The van der Waals surface area contributed by atoms with Gasteiger partial charge in [-0.15, -0.1) is 0 Å². The van der Waals surface area contributed by atoms with E-state index in [4.69, 9.17) is 10.5 Å². The number of halogens is 1. The molecule has 0 amide bonds. The summed E-state index contributed by atoms with van der Waals surface area (Å²) in [4.78, 5) is 1.99. The first kappa shape index (κ1) is 10.2. The van der Waals surface area contributed by atoms with Crippen molar-refractivity contribution in [3.63, 3.8) is 0 Å². The number of likely N-dealkylation sites (N-methyl/N-ethyl adjacent to an activating group) is 1. The van der Waals surface area contributed by atoms with Crippen LogP contribution in [0.15, 0.2) is 18.2 Å². The highest BCUT2D eigenvalue weighted by molar-refractivity contribution is 5.68. The Kier molecular flexibility index (Phi) is 2.77. The Labute approximate surface area is 88.6 Å². The van der Waals surface area contributed by atoms with Crippen LogP contribution in [0, 0.1) is 5.82 Å². The Morgan fingerprint density at radius 2 is 2.33 bits per heavy atom. The van der Waals surface area contributed by atoms with E-state index in [-0.39, 0.29) is 11.5 Å². The first-order chi connectivity index (χ1) is 7.20. The van der Waals surface area contributed by atoms with E-state index < -0.39 is 0 Å². The SMILES string of the molecule is CN(c1cccc(F)c1N)C1CCOC1. The van der Waals surface area contributed by atoms with Crippen LogP contribution >= 0.6 is 0 Å². The van der Waals surface area contributed by atoms with Crippen molar-refractivity contribution in [2.24, 2.45) is 0 Å². The highest BCUT2D eigenvalue weighted by atomic mass is 19.1. The van der Waals surface area contributed by atoms with Gasteiger partial charge < -0.3 is 15.4 Å². The van der Waals surface area contributed by atoms with Gasteiger partial charge in [-0.05, 0) is 18.6 Å². The van der Waals surface area contributed by atoms with Crippen LogP contribution in [0.1, 0.15) is 6.42 Å². The summed E-state index contributed by atoms with van der Waals surface area (Å²) >= 11 is 0. The summed E-state index contributed by atoms with van der Waals surface area (Å²) in [5.41, 5.74) is 6.65. The van der Waals surface area contributed by atoms with Gasteiger partial charge in [-0.2, -0.15) is 0 Å². The van der Waals surface area contributed by atoms with Crippen LogP contribution < -0.4 is 10.6 Å². The molecule has 0 aliphatic carbocycles. The Balaban J connectivity index is 2.24. The topological polar surface area (TPSA) is 38.5 Å². The first-order valence-electron chi connectivity index (χ1n) is 5.04. The summed E-state index contributed by atoms with van der Waals surface area (Å²) in [6.07, 6.45) is 0.965. The maximum absolute atomic E-state index is 13.2. The molecule has 2 N–H and O–H groups in total. The van der Waals surface area contributed by atoms with Gasteiger partial charge in [0.1, 0.15) is 5.82 Å². The molecule has 1 aliphatic heterocycles. The molecular weight excluding hydrogens is 195 g/mol. The number of nitrogen functional groups attached to an aromatic ring is 1. The Hall–Kier alpha value is -1.29. The second-order valence-corrected chi connectivity index (χ2v) is 3.80. The fourth-order valence-corrected chi connectivity index (χ4v) is 1.86. The molecule has 0 saturated carbocycles. The van der Waals surface area contributed by atoms with Crippen molar-refractivity contribution in [1.29, 1.82) is 0 Å². The van der Waals surface area contributed by atoms with Gasteiger partial charge in [0.05, 0.1) is 24.0 Å². The molecule has 1 unspecified atom stereocenters. The molecule has 15 heavy (non-hydrogen) atoms. The van der Waals surface area contributed by atoms with Gasteiger partial charge >= 0.3 is 0 Å². The Bertz CT molecular complexity index is 350. The summed E-state index contributed by atoms with van der Waals surface area (Å²) in [5.74, 6) is -0.363. The number of benzene rings is 1. The molecule has 1 heterocycles. The molecule has 3 nitrogen and oxygen atoms in total. The highest BCUT2D eigenvalue weighted by Gasteiger charge is 2.22. The van der Waals surface area contributed by atoms with Crippen LogP contribution in [0.2, 0.25) is 0 Å². The van der Waals surface area contributed by atoms with Crippen LogP contribution in [-0.2, 0) is 4.74 Å². The van der Waals surface area contributed by atoms with Crippen molar-refractivity contribution in [1.82, 2.24) is 0 Å². The fourth-order valence-electron chi connectivity index (χ4n) is 1.86. The number of ether oxygens (including phenoxy) is 1. The lowest BCUT2D eigenvalue weighted by Gasteiger charge is -2.26. The van der Waals surface area contributed by atoms with Gasteiger partial charge in [0.15, 0.2) is 0 Å². The average molecular weight is 210 g/mol. The normalized spacial score (nSPS) is 20.5. The summed E-state index contributed by atoms with van der Waals surface area (Å²) in [7, 11) is 1.92. The van der Waals surface area contributed by atoms with Gasteiger partial charge in [0, 0.05) is 13.7 Å². The third-order valence-electron chi connectivity index (χ3n) is 2.86. The van der Waals surface area contributed by atoms with E-state index in [1.807, 2.05) is 18.0 Å². The molecule has 4 heteroatoms. The van der Waals surface area contributed by atoms with Crippen LogP contribution in [0.25, 0.3) is 0 Å². The second kappa shape index (κ2) is 4.06. The smallest absolute Gasteiger partial charge is 0.148 e. The third-order valence-corrected chi connectivity index (χ3v) is 2.86. The second-order valence-electron chi connectivity index (χ2n) is 3.80. The van der Waals surface area contributed by atoms with Gasteiger partial charge in [-0.1, -0.05) is 6.07 Å².